The fourth-order valence-corrected chi connectivity index (χ4v) is 3.39. The Balaban J connectivity index is 1.76. The summed E-state index contributed by atoms with van der Waals surface area (Å²) in [5.41, 5.74) is 3.64. The quantitative estimate of drug-likeness (QED) is 0.820. The van der Waals surface area contributed by atoms with E-state index in [0.29, 0.717) is 6.04 Å². The van der Waals surface area contributed by atoms with E-state index < -0.39 is 0 Å². The van der Waals surface area contributed by atoms with Crippen molar-refractivity contribution in [1.29, 1.82) is 0 Å². The molecule has 98 valence electrons. The average molecular weight is 271 g/mol. The number of hydrogen-bond donors (Lipinski definition) is 0. The number of aryl methyl sites for hydroxylation is 1. The summed E-state index contributed by atoms with van der Waals surface area (Å²) in [5, 5.41) is 3.88. The molecule has 0 bridgehead atoms. The van der Waals surface area contributed by atoms with Crippen LogP contribution in [0.25, 0.3) is 0 Å². The van der Waals surface area contributed by atoms with Crippen molar-refractivity contribution in [3.8, 4) is 0 Å². The molecule has 1 aliphatic rings. The van der Waals surface area contributed by atoms with Crippen molar-refractivity contribution in [1.82, 2.24) is 4.90 Å². The lowest BCUT2D eigenvalue weighted by Crippen LogP contribution is -2.40. The van der Waals surface area contributed by atoms with Gasteiger partial charge < -0.3 is 4.90 Å². The van der Waals surface area contributed by atoms with E-state index in [4.69, 9.17) is 0 Å². The number of likely N-dealkylation sites (N-methyl/N-ethyl adjacent to an activating group) is 1. The third kappa shape index (κ3) is 2.43. The number of fused-ring (bicyclic) bond motifs is 1. The van der Waals surface area contributed by atoms with Crippen molar-refractivity contribution in [3.63, 3.8) is 0 Å². The molecule has 0 radical (unpaired) electrons. The molecule has 0 saturated carbocycles. The molecule has 1 aliphatic carbocycles. The van der Waals surface area contributed by atoms with Crippen molar-refractivity contribution in [2.24, 2.45) is 0 Å². The second kappa shape index (κ2) is 5.17. The molecule has 1 aromatic carbocycles. The number of nitrogens with zero attached hydrogens (tertiary/aromatic N) is 1. The zero-order valence-electron chi connectivity index (χ0n) is 11.0. The molecule has 2 aromatic rings. The van der Waals surface area contributed by atoms with E-state index in [1.54, 1.807) is 11.3 Å². The number of rotatable bonds is 2. The maximum atomic E-state index is 12.3. The number of benzene rings is 1. The molecule has 1 aromatic heterocycles. The van der Waals surface area contributed by atoms with E-state index >= 15 is 0 Å². The smallest absolute Gasteiger partial charge is 0.254 e. The van der Waals surface area contributed by atoms with Gasteiger partial charge in [-0.05, 0) is 41.8 Å². The van der Waals surface area contributed by atoms with Crippen LogP contribution in [0.3, 0.4) is 0 Å². The summed E-state index contributed by atoms with van der Waals surface area (Å²) in [6.45, 7) is 0. The van der Waals surface area contributed by atoms with Crippen LogP contribution in [-0.2, 0) is 12.8 Å². The lowest BCUT2D eigenvalue weighted by molar-refractivity contribution is 0.0719. The number of hydrogen-bond acceptors (Lipinski definition) is 2. The minimum Gasteiger partial charge on any atom is -0.338 e. The molecule has 1 heterocycles. The maximum Gasteiger partial charge on any atom is 0.254 e. The average Bonchev–Trinajstić information content (AvgIpc) is 2.99. The second-order valence-electron chi connectivity index (χ2n) is 5.09. The SMILES string of the molecule is CN(C(=O)c1ccsc1)[C@@H]1CCc2ccccc2C1. The molecule has 0 saturated heterocycles. The monoisotopic (exact) mass is 271 g/mol. The van der Waals surface area contributed by atoms with Crippen LogP contribution in [0.5, 0.6) is 0 Å². The van der Waals surface area contributed by atoms with Gasteiger partial charge in [-0.2, -0.15) is 11.3 Å². The van der Waals surface area contributed by atoms with Gasteiger partial charge in [0.1, 0.15) is 0 Å². The summed E-state index contributed by atoms with van der Waals surface area (Å²) in [7, 11) is 1.93. The highest BCUT2D eigenvalue weighted by Gasteiger charge is 2.25. The molecule has 2 nitrogen and oxygen atoms in total. The van der Waals surface area contributed by atoms with Crippen molar-refractivity contribution in [2.45, 2.75) is 25.3 Å². The van der Waals surface area contributed by atoms with Crippen molar-refractivity contribution in [2.75, 3.05) is 7.05 Å². The highest BCUT2D eigenvalue weighted by molar-refractivity contribution is 7.08. The van der Waals surface area contributed by atoms with Gasteiger partial charge in [0.2, 0.25) is 0 Å². The summed E-state index contributed by atoms with van der Waals surface area (Å²) in [6, 6.07) is 10.8. The summed E-state index contributed by atoms with van der Waals surface area (Å²) < 4.78 is 0. The van der Waals surface area contributed by atoms with E-state index in [2.05, 4.69) is 24.3 Å². The van der Waals surface area contributed by atoms with Crippen LogP contribution in [0.4, 0.5) is 0 Å². The van der Waals surface area contributed by atoms with E-state index in [1.807, 2.05) is 28.8 Å². The molecule has 0 spiro atoms. The fraction of sp³-hybridized carbons (Fsp3) is 0.312. The first-order chi connectivity index (χ1) is 9.25. The van der Waals surface area contributed by atoms with Gasteiger partial charge in [0, 0.05) is 18.5 Å². The van der Waals surface area contributed by atoms with Crippen LogP contribution in [-0.4, -0.2) is 23.9 Å². The lowest BCUT2D eigenvalue weighted by atomic mass is 9.87. The number of thiophene rings is 1. The standard InChI is InChI=1S/C16H17NOS/c1-17(16(18)14-8-9-19-11-14)15-7-6-12-4-2-3-5-13(12)10-15/h2-5,8-9,11,15H,6-7,10H2,1H3/t15-/m1/s1. The zero-order chi connectivity index (χ0) is 13.2. The van der Waals surface area contributed by atoms with Gasteiger partial charge in [0.15, 0.2) is 0 Å². The van der Waals surface area contributed by atoms with Crippen LogP contribution in [0, 0.1) is 0 Å². The largest absolute Gasteiger partial charge is 0.338 e. The van der Waals surface area contributed by atoms with Crippen LogP contribution < -0.4 is 0 Å². The normalized spacial score (nSPS) is 17.8. The number of carbonyl (C=O) groups excluding carboxylic acids is 1. The Morgan fingerprint density at radius 2 is 2.05 bits per heavy atom. The molecule has 0 aliphatic heterocycles. The molecular weight excluding hydrogens is 254 g/mol. The zero-order valence-corrected chi connectivity index (χ0v) is 11.8. The third-order valence-electron chi connectivity index (χ3n) is 3.96. The molecule has 0 unspecified atom stereocenters. The topological polar surface area (TPSA) is 20.3 Å². The lowest BCUT2D eigenvalue weighted by Gasteiger charge is -2.32. The van der Waals surface area contributed by atoms with E-state index in [9.17, 15) is 4.79 Å². The summed E-state index contributed by atoms with van der Waals surface area (Å²) in [5.74, 6) is 0.144. The number of amides is 1. The Bertz CT molecular complexity index is 576. The Kier molecular flexibility index (Phi) is 3.38. The molecule has 0 fully saturated rings. The second-order valence-corrected chi connectivity index (χ2v) is 5.87. The minimum atomic E-state index is 0.144. The molecule has 3 heteroatoms. The first-order valence-corrected chi connectivity index (χ1v) is 7.56. The molecule has 1 atom stereocenters. The Labute approximate surface area is 117 Å². The van der Waals surface area contributed by atoms with Crippen molar-refractivity contribution >= 4 is 17.2 Å². The highest BCUT2D eigenvalue weighted by atomic mass is 32.1. The van der Waals surface area contributed by atoms with Gasteiger partial charge >= 0.3 is 0 Å². The van der Waals surface area contributed by atoms with Gasteiger partial charge in [-0.25, -0.2) is 0 Å². The minimum absolute atomic E-state index is 0.144. The molecule has 0 N–H and O–H groups in total. The van der Waals surface area contributed by atoms with Gasteiger partial charge in [-0.3, -0.25) is 4.79 Å². The first kappa shape index (κ1) is 12.4. The maximum absolute atomic E-state index is 12.3. The van der Waals surface area contributed by atoms with Crippen LogP contribution in [0.15, 0.2) is 41.1 Å². The van der Waals surface area contributed by atoms with Gasteiger partial charge in [-0.1, -0.05) is 24.3 Å². The molecule has 19 heavy (non-hydrogen) atoms. The van der Waals surface area contributed by atoms with Crippen molar-refractivity contribution < 1.29 is 4.79 Å². The van der Waals surface area contributed by atoms with Gasteiger partial charge in [0.25, 0.3) is 5.91 Å². The van der Waals surface area contributed by atoms with Gasteiger partial charge in [-0.15, -0.1) is 0 Å². The summed E-state index contributed by atoms with van der Waals surface area (Å²) in [4.78, 5) is 14.3. The van der Waals surface area contributed by atoms with E-state index in [-0.39, 0.29) is 5.91 Å². The van der Waals surface area contributed by atoms with Crippen LogP contribution >= 0.6 is 11.3 Å². The van der Waals surface area contributed by atoms with Crippen LogP contribution in [0.2, 0.25) is 0 Å². The Morgan fingerprint density at radius 3 is 2.79 bits per heavy atom. The predicted molar refractivity (Wildman–Crippen MR) is 78.7 cm³/mol. The first-order valence-electron chi connectivity index (χ1n) is 6.62. The highest BCUT2D eigenvalue weighted by Crippen LogP contribution is 2.25. The third-order valence-corrected chi connectivity index (χ3v) is 4.64. The van der Waals surface area contributed by atoms with Crippen molar-refractivity contribution in [3.05, 3.63) is 57.8 Å². The van der Waals surface area contributed by atoms with E-state index in [1.165, 1.54) is 11.1 Å². The Hall–Kier alpha value is -1.61. The fourth-order valence-electron chi connectivity index (χ4n) is 2.76. The summed E-state index contributed by atoms with van der Waals surface area (Å²) >= 11 is 1.57. The molecule has 3 rings (SSSR count). The van der Waals surface area contributed by atoms with E-state index in [0.717, 1.165) is 24.8 Å². The Morgan fingerprint density at radius 1 is 1.26 bits per heavy atom. The van der Waals surface area contributed by atoms with Gasteiger partial charge in [0.05, 0.1) is 5.56 Å². The predicted octanol–water partition coefficient (Wildman–Crippen LogP) is 3.38. The number of carbonyl (C=O) groups is 1. The molecule has 1 amide bonds. The summed E-state index contributed by atoms with van der Waals surface area (Å²) in [6.07, 6.45) is 3.11. The molecular formula is C16H17NOS. The van der Waals surface area contributed by atoms with Crippen LogP contribution in [0.1, 0.15) is 27.9 Å².